The minimum absolute atomic E-state index is 0.200. The van der Waals surface area contributed by atoms with Gasteiger partial charge in [0.2, 0.25) is 0 Å². The van der Waals surface area contributed by atoms with Crippen LogP contribution in [-0.4, -0.2) is 28.0 Å². The summed E-state index contributed by atoms with van der Waals surface area (Å²) in [7, 11) is 3.24. The summed E-state index contributed by atoms with van der Waals surface area (Å²) < 4.78 is 6.56. The Kier molecular flexibility index (Phi) is 3.29. The van der Waals surface area contributed by atoms with Crippen LogP contribution in [0.3, 0.4) is 0 Å². The minimum atomic E-state index is -0.978. The molecule has 0 unspecified atom stereocenters. The Morgan fingerprint density at radius 3 is 2.58 bits per heavy atom. The van der Waals surface area contributed by atoms with Gasteiger partial charge in [-0.25, -0.2) is 4.79 Å². The molecule has 0 atom stereocenters. The Balaban J connectivity index is 2.68. The summed E-state index contributed by atoms with van der Waals surface area (Å²) in [5.41, 5.74) is 3.39. The van der Waals surface area contributed by atoms with Crippen molar-refractivity contribution in [1.82, 2.24) is 9.78 Å². The van der Waals surface area contributed by atoms with Gasteiger partial charge in [-0.2, -0.15) is 5.10 Å². The molecule has 1 heterocycles. The normalized spacial score (nSPS) is 10.5. The van der Waals surface area contributed by atoms with Gasteiger partial charge in [-0.3, -0.25) is 4.68 Å². The molecule has 19 heavy (non-hydrogen) atoms. The summed E-state index contributed by atoms with van der Waals surface area (Å²) in [6.07, 6.45) is 0. The second-order valence-corrected chi connectivity index (χ2v) is 4.42. The van der Waals surface area contributed by atoms with Crippen molar-refractivity contribution >= 4 is 5.97 Å². The van der Waals surface area contributed by atoms with Gasteiger partial charge in [0.1, 0.15) is 5.75 Å². The van der Waals surface area contributed by atoms with E-state index in [1.807, 2.05) is 32.0 Å². The Morgan fingerprint density at radius 1 is 1.37 bits per heavy atom. The average Bonchev–Trinajstić information content (AvgIpc) is 2.64. The maximum Gasteiger partial charge on any atom is 0.354 e. The van der Waals surface area contributed by atoms with Gasteiger partial charge in [0, 0.05) is 12.6 Å². The summed E-state index contributed by atoms with van der Waals surface area (Å²) in [6, 6.07) is 5.57. The molecule has 1 N–H and O–H groups in total. The van der Waals surface area contributed by atoms with E-state index in [1.165, 1.54) is 4.68 Å². The third kappa shape index (κ3) is 2.19. The molecule has 0 radical (unpaired) electrons. The fourth-order valence-corrected chi connectivity index (χ4v) is 2.27. The molecule has 0 saturated heterocycles. The molecule has 1 aromatic heterocycles. The lowest BCUT2D eigenvalue weighted by Crippen LogP contribution is -2.07. The predicted octanol–water partition coefficient (Wildman–Crippen LogP) is 2.41. The molecule has 5 heteroatoms. The number of aromatic carboxylic acids is 1. The molecule has 0 amide bonds. The molecule has 100 valence electrons. The number of methoxy groups -OCH3 is 1. The van der Waals surface area contributed by atoms with Crippen molar-refractivity contribution in [3.63, 3.8) is 0 Å². The van der Waals surface area contributed by atoms with Gasteiger partial charge in [-0.05, 0) is 37.1 Å². The third-order valence-corrected chi connectivity index (χ3v) is 3.13. The van der Waals surface area contributed by atoms with Crippen LogP contribution in [0.4, 0.5) is 0 Å². The summed E-state index contributed by atoms with van der Waals surface area (Å²) in [6.45, 7) is 3.74. The number of ether oxygens (including phenoxy) is 1. The lowest BCUT2D eigenvalue weighted by molar-refractivity contribution is 0.0686. The lowest BCUT2D eigenvalue weighted by atomic mass is 9.98. The van der Waals surface area contributed by atoms with Crippen molar-refractivity contribution in [3.8, 4) is 16.9 Å². The second kappa shape index (κ2) is 4.76. The van der Waals surface area contributed by atoms with E-state index in [2.05, 4.69) is 5.10 Å². The van der Waals surface area contributed by atoms with Gasteiger partial charge in [0.25, 0.3) is 0 Å². The second-order valence-electron chi connectivity index (χ2n) is 4.42. The number of rotatable bonds is 3. The molecule has 0 aliphatic carbocycles. The van der Waals surface area contributed by atoms with E-state index in [9.17, 15) is 9.90 Å². The SMILES string of the molecule is COc1ccc(-c2c(C)nn(C)c2C(=O)O)c(C)c1. The number of aromatic nitrogens is 2. The van der Waals surface area contributed by atoms with Crippen molar-refractivity contribution in [2.75, 3.05) is 7.11 Å². The molecular formula is C14H16N2O3. The van der Waals surface area contributed by atoms with Gasteiger partial charge in [0.15, 0.2) is 5.69 Å². The number of aryl methyl sites for hydroxylation is 3. The fraction of sp³-hybridized carbons (Fsp3) is 0.286. The van der Waals surface area contributed by atoms with Crippen LogP contribution in [0.2, 0.25) is 0 Å². The van der Waals surface area contributed by atoms with E-state index in [-0.39, 0.29) is 5.69 Å². The van der Waals surface area contributed by atoms with Crippen LogP contribution in [0, 0.1) is 13.8 Å². The van der Waals surface area contributed by atoms with Crippen molar-refractivity contribution in [1.29, 1.82) is 0 Å². The van der Waals surface area contributed by atoms with Gasteiger partial charge in [-0.15, -0.1) is 0 Å². The van der Waals surface area contributed by atoms with Crippen molar-refractivity contribution in [2.24, 2.45) is 7.05 Å². The van der Waals surface area contributed by atoms with Crippen LogP contribution in [0.25, 0.3) is 11.1 Å². The summed E-state index contributed by atoms with van der Waals surface area (Å²) in [5, 5.41) is 13.5. The van der Waals surface area contributed by atoms with Crippen molar-refractivity contribution in [3.05, 3.63) is 35.2 Å². The summed E-state index contributed by atoms with van der Waals surface area (Å²) in [4.78, 5) is 11.4. The van der Waals surface area contributed by atoms with Crippen LogP contribution in [0.1, 0.15) is 21.7 Å². The highest BCUT2D eigenvalue weighted by Crippen LogP contribution is 2.31. The Bertz CT molecular complexity index is 644. The number of carboxylic acids is 1. The molecule has 0 bridgehead atoms. The number of hydrogen-bond donors (Lipinski definition) is 1. The first kappa shape index (κ1) is 13.1. The predicted molar refractivity (Wildman–Crippen MR) is 71.6 cm³/mol. The van der Waals surface area contributed by atoms with Crippen molar-refractivity contribution in [2.45, 2.75) is 13.8 Å². The number of nitrogens with zero attached hydrogens (tertiary/aromatic N) is 2. The highest BCUT2D eigenvalue weighted by atomic mass is 16.5. The maximum absolute atomic E-state index is 11.4. The summed E-state index contributed by atoms with van der Waals surface area (Å²) in [5.74, 6) is -0.229. The van der Waals surface area contributed by atoms with Gasteiger partial charge in [-0.1, -0.05) is 6.07 Å². The number of benzene rings is 1. The van der Waals surface area contributed by atoms with Gasteiger partial charge >= 0.3 is 5.97 Å². The molecule has 2 aromatic rings. The first-order chi connectivity index (χ1) is 8.95. The van der Waals surface area contributed by atoms with E-state index in [4.69, 9.17) is 4.74 Å². The maximum atomic E-state index is 11.4. The molecule has 2 rings (SSSR count). The average molecular weight is 260 g/mol. The first-order valence-electron chi connectivity index (χ1n) is 5.87. The van der Waals surface area contributed by atoms with Crippen LogP contribution in [-0.2, 0) is 7.05 Å². The third-order valence-electron chi connectivity index (χ3n) is 3.13. The molecule has 0 spiro atoms. The first-order valence-corrected chi connectivity index (χ1v) is 5.87. The zero-order chi connectivity index (χ0) is 14.2. The molecule has 0 fully saturated rings. The fourth-order valence-electron chi connectivity index (χ4n) is 2.27. The Hall–Kier alpha value is -2.30. The largest absolute Gasteiger partial charge is 0.497 e. The standard InChI is InChI=1S/C14H16N2O3/c1-8-7-10(19-4)5-6-11(8)12-9(2)15-16(3)13(12)14(17)18/h5-7H,1-4H3,(H,17,18). The highest BCUT2D eigenvalue weighted by Gasteiger charge is 2.21. The highest BCUT2D eigenvalue weighted by molar-refractivity contribution is 5.95. The Labute approximate surface area is 111 Å². The summed E-state index contributed by atoms with van der Waals surface area (Å²) >= 11 is 0. The zero-order valence-electron chi connectivity index (χ0n) is 11.4. The lowest BCUT2D eigenvalue weighted by Gasteiger charge is -2.09. The molecule has 5 nitrogen and oxygen atoms in total. The van der Waals surface area contributed by atoms with E-state index < -0.39 is 5.97 Å². The minimum Gasteiger partial charge on any atom is -0.497 e. The van der Waals surface area contributed by atoms with Crippen LogP contribution >= 0.6 is 0 Å². The smallest absolute Gasteiger partial charge is 0.354 e. The van der Waals surface area contributed by atoms with E-state index in [0.29, 0.717) is 11.3 Å². The van der Waals surface area contributed by atoms with Crippen LogP contribution in [0.5, 0.6) is 5.75 Å². The topological polar surface area (TPSA) is 64.4 Å². The quantitative estimate of drug-likeness (QED) is 0.920. The van der Waals surface area contributed by atoms with E-state index >= 15 is 0 Å². The zero-order valence-corrected chi connectivity index (χ0v) is 11.4. The van der Waals surface area contributed by atoms with Crippen LogP contribution in [0.15, 0.2) is 18.2 Å². The molecule has 1 aromatic carbocycles. The number of carbonyl (C=O) groups is 1. The molecule has 0 aliphatic heterocycles. The number of carboxylic acid groups (broad SMARTS) is 1. The van der Waals surface area contributed by atoms with Crippen LogP contribution < -0.4 is 4.74 Å². The molecule has 0 saturated carbocycles. The van der Waals surface area contributed by atoms with E-state index in [1.54, 1.807) is 14.2 Å². The van der Waals surface area contributed by atoms with Gasteiger partial charge < -0.3 is 9.84 Å². The van der Waals surface area contributed by atoms with E-state index in [0.717, 1.165) is 16.9 Å². The number of hydrogen-bond acceptors (Lipinski definition) is 3. The van der Waals surface area contributed by atoms with Gasteiger partial charge in [0.05, 0.1) is 12.8 Å². The van der Waals surface area contributed by atoms with Crippen molar-refractivity contribution < 1.29 is 14.6 Å². The molecule has 0 aliphatic rings. The Morgan fingerprint density at radius 2 is 2.05 bits per heavy atom. The monoisotopic (exact) mass is 260 g/mol. The molecular weight excluding hydrogens is 244 g/mol.